The van der Waals surface area contributed by atoms with Gasteiger partial charge in [0.1, 0.15) is 12.1 Å². The zero-order valence-electron chi connectivity index (χ0n) is 14.5. The molecule has 4 heteroatoms. The fraction of sp³-hybridized carbons (Fsp3) is 0.882. The Morgan fingerprint density at radius 1 is 1.14 bits per heavy atom. The summed E-state index contributed by atoms with van der Waals surface area (Å²) in [6.07, 6.45) is 3.58. The highest BCUT2D eigenvalue weighted by Crippen LogP contribution is 2.26. The van der Waals surface area contributed by atoms with Gasteiger partial charge in [-0.2, -0.15) is 0 Å². The number of nitrogens with zero attached hydrogens (tertiary/aromatic N) is 1. The maximum absolute atomic E-state index is 12.9. The minimum Gasteiger partial charge on any atom is -0.342 e. The van der Waals surface area contributed by atoms with E-state index in [4.69, 9.17) is 0 Å². The van der Waals surface area contributed by atoms with Crippen LogP contribution in [-0.2, 0) is 9.59 Å². The number of carbonyl (C=O) groups excluding carboxylic acids is 2. The van der Waals surface area contributed by atoms with Gasteiger partial charge in [-0.15, -0.1) is 0 Å². The summed E-state index contributed by atoms with van der Waals surface area (Å²) in [5.41, 5.74) is 0. The van der Waals surface area contributed by atoms with Crippen LogP contribution >= 0.6 is 0 Å². The number of nitrogens with one attached hydrogen (secondary N) is 1. The number of hydrogen-bond acceptors (Lipinski definition) is 2. The first kappa shape index (κ1) is 18.0. The van der Waals surface area contributed by atoms with E-state index in [2.05, 4.69) is 46.9 Å². The van der Waals surface area contributed by atoms with Gasteiger partial charge in [0.05, 0.1) is 0 Å². The van der Waals surface area contributed by atoms with Crippen LogP contribution in [0.25, 0.3) is 0 Å². The van der Waals surface area contributed by atoms with Gasteiger partial charge in [-0.25, -0.2) is 0 Å². The highest BCUT2D eigenvalue weighted by molar-refractivity contribution is 5.97. The van der Waals surface area contributed by atoms with E-state index in [1.54, 1.807) is 0 Å². The number of rotatable bonds is 7. The van der Waals surface area contributed by atoms with Gasteiger partial charge in [-0.05, 0) is 31.6 Å². The Bertz CT molecular complexity index is 368. The summed E-state index contributed by atoms with van der Waals surface area (Å²) in [6, 6.07) is -0.535. The first-order valence-corrected chi connectivity index (χ1v) is 8.45. The Labute approximate surface area is 129 Å². The monoisotopic (exact) mass is 296 g/mol. The topological polar surface area (TPSA) is 49.4 Å². The van der Waals surface area contributed by atoms with Gasteiger partial charge in [-0.3, -0.25) is 9.59 Å². The van der Waals surface area contributed by atoms with Crippen molar-refractivity contribution in [3.8, 4) is 0 Å². The van der Waals surface area contributed by atoms with Crippen molar-refractivity contribution in [1.82, 2.24) is 10.2 Å². The third kappa shape index (κ3) is 4.21. The van der Waals surface area contributed by atoms with E-state index in [1.807, 2.05) is 4.90 Å². The van der Waals surface area contributed by atoms with Crippen molar-refractivity contribution in [1.29, 1.82) is 0 Å². The summed E-state index contributed by atoms with van der Waals surface area (Å²) in [5, 5.41) is 2.96. The lowest BCUT2D eigenvalue weighted by molar-refractivity contribution is -0.154. The quantitative estimate of drug-likeness (QED) is 0.785. The van der Waals surface area contributed by atoms with Gasteiger partial charge < -0.3 is 10.2 Å². The standard InChI is InChI=1S/C17H32N2O2/c1-7-9-13(6)19-15(12(5)8-2)16(20)18-14(17(19)21)10-11(3)4/h11-15H,7-10H2,1-6H3,(H,18,20). The van der Waals surface area contributed by atoms with Crippen LogP contribution in [0.5, 0.6) is 0 Å². The van der Waals surface area contributed by atoms with Crippen LogP contribution in [0.3, 0.4) is 0 Å². The Kier molecular flexibility index (Phi) is 6.69. The molecule has 21 heavy (non-hydrogen) atoms. The number of piperazine rings is 1. The van der Waals surface area contributed by atoms with E-state index in [1.165, 1.54) is 0 Å². The fourth-order valence-electron chi connectivity index (χ4n) is 3.20. The van der Waals surface area contributed by atoms with Gasteiger partial charge in [0.15, 0.2) is 0 Å². The molecule has 122 valence electrons. The normalized spacial score (nSPS) is 26.0. The molecule has 0 radical (unpaired) electrons. The molecule has 1 aliphatic rings. The van der Waals surface area contributed by atoms with Crippen molar-refractivity contribution in [2.45, 2.75) is 85.4 Å². The molecular formula is C17H32N2O2. The second kappa shape index (κ2) is 7.81. The summed E-state index contributed by atoms with van der Waals surface area (Å²) in [5.74, 6) is 0.711. The number of hydrogen-bond donors (Lipinski definition) is 1. The zero-order chi connectivity index (χ0) is 16.2. The van der Waals surface area contributed by atoms with E-state index in [0.717, 1.165) is 19.3 Å². The van der Waals surface area contributed by atoms with E-state index < -0.39 is 0 Å². The van der Waals surface area contributed by atoms with Crippen LogP contribution in [0.1, 0.15) is 67.2 Å². The first-order valence-electron chi connectivity index (χ1n) is 8.45. The second-order valence-electron chi connectivity index (χ2n) is 6.90. The maximum Gasteiger partial charge on any atom is 0.246 e. The smallest absolute Gasteiger partial charge is 0.246 e. The van der Waals surface area contributed by atoms with Crippen molar-refractivity contribution < 1.29 is 9.59 Å². The molecule has 1 saturated heterocycles. The Balaban J connectivity index is 3.04. The molecule has 0 aromatic rings. The van der Waals surface area contributed by atoms with Crippen LogP contribution < -0.4 is 5.32 Å². The minimum atomic E-state index is -0.350. The largest absolute Gasteiger partial charge is 0.342 e. The summed E-state index contributed by atoms with van der Waals surface area (Å²) in [6.45, 7) is 12.5. The lowest BCUT2D eigenvalue weighted by Crippen LogP contribution is -2.67. The van der Waals surface area contributed by atoms with Crippen molar-refractivity contribution in [2.24, 2.45) is 11.8 Å². The molecule has 1 heterocycles. The zero-order valence-corrected chi connectivity index (χ0v) is 14.5. The van der Waals surface area contributed by atoms with Crippen molar-refractivity contribution in [3.63, 3.8) is 0 Å². The van der Waals surface area contributed by atoms with Gasteiger partial charge in [0, 0.05) is 6.04 Å². The molecule has 4 nitrogen and oxygen atoms in total. The predicted octanol–water partition coefficient (Wildman–Crippen LogP) is 2.96. The lowest BCUT2D eigenvalue weighted by Gasteiger charge is -2.45. The molecule has 0 aromatic heterocycles. The number of carbonyl (C=O) groups is 2. The summed E-state index contributed by atoms with van der Waals surface area (Å²) >= 11 is 0. The van der Waals surface area contributed by atoms with Crippen LogP contribution in [0.15, 0.2) is 0 Å². The van der Waals surface area contributed by atoms with Gasteiger partial charge in [0.2, 0.25) is 11.8 Å². The van der Waals surface area contributed by atoms with Crippen LogP contribution in [0.4, 0.5) is 0 Å². The van der Waals surface area contributed by atoms with E-state index in [0.29, 0.717) is 12.3 Å². The molecule has 0 bridgehead atoms. The van der Waals surface area contributed by atoms with E-state index in [9.17, 15) is 9.59 Å². The molecule has 2 amide bonds. The average Bonchev–Trinajstić information content (AvgIpc) is 2.40. The van der Waals surface area contributed by atoms with Crippen molar-refractivity contribution in [2.75, 3.05) is 0 Å². The second-order valence-corrected chi connectivity index (χ2v) is 6.90. The molecule has 4 unspecified atom stereocenters. The molecule has 1 N–H and O–H groups in total. The summed E-state index contributed by atoms with van der Waals surface area (Å²) in [7, 11) is 0. The van der Waals surface area contributed by atoms with E-state index >= 15 is 0 Å². The maximum atomic E-state index is 12.9. The van der Waals surface area contributed by atoms with Crippen LogP contribution in [0, 0.1) is 11.8 Å². The number of amides is 2. The molecule has 0 saturated carbocycles. The molecule has 0 aliphatic carbocycles. The lowest BCUT2D eigenvalue weighted by atomic mass is 9.89. The first-order chi connectivity index (χ1) is 9.83. The van der Waals surface area contributed by atoms with Gasteiger partial charge in [-0.1, -0.05) is 47.5 Å². The van der Waals surface area contributed by atoms with E-state index in [-0.39, 0.29) is 35.9 Å². The third-order valence-electron chi connectivity index (χ3n) is 4.51. The summed E-state index contributed by atoms with van der Waals surface area (Å²) < 4.78 is 0. The van der Waals surface area contributed by atoms with Crippen LogP contribution in [0.2, 0.25) is 0 Å². The molecule has 1 fully saturated rings. The summed E-state index contributed by atoms with van der Waals surface area (Å²) in [4.78, 5) is 27.3. The molecule has 1 aliphatic heterocycles. The van der Waals surface area contributed by atoms with Crippen LogP contribution in [-0.4, -0.2) is 34.8 Å². The molecule has 0 aromatic carbocycles. The Hall–Kier alpha value is -1.06. The highest BCUT2D eigenvalue weighted by atomic mass is 16.2. The fourth-order valence-corrected chi connectivity index (χ4v) is 3.20. The molecule has 1 rings (SSSR count). The minimum absolute atomic E-state index is 0.0255. The molecule has 0 spiro atoms. The predicted molar refractivity (Wildman–Crippen MR) is 85.8 cm³/mol. The third-order valence-corrected chi connectivity index (χ3v) is 4.51. The highest BCUT2D eigenvalue weighted by Gasteiger charge is 2.44. The Morgan fingerprint density at radius 3 is 2.24 bits per heavy atom. The molecule has 4 atom stereocenters. The van der Waals surface area contributed by atoms with Crippen molar-refractivity contribution >= 4 is 11.8 Å². The van der Waals surface area contributed by atoms with Gasteiger partial charge in [0.25, 0.3) is 0 Å². The van der Waals surface area contributed by atoms with Crippen molar-refractivity contribution in [3.05, 3.63) is 0 Å². The Morgan fingerprint density at radius 2 is 1.76 bits per heavy atom. The molecular weight excluding hydrogens is 264 g/mol. The SMILES string of the molecule is CCCC(C)N1C(=O)C(CC(C)C)NC(=O)C1C(C)CC. The average molecular weight is 296 g/mol. The van der Waals surface area contributed by atoms with Gasteiger partial charge >= 0.3 is 0 Å².